The molecule has 3 aromatic carbocycles. The Morgan fingerprint density at radius 2 is 1.82 bits per heavy atom. The molecule has 14 heteroatoms. The number of amides is 3. The Morgan fingerprint density at radius 1 is 1.07 bits per heavy atom. The summed E-state index contributed by atoms with van der Waals surface area (Å²) in [7, 11) is 1.43. The van der Waals surface area contributed by atoms with Gasteiger partial charge < -0.3 is 29.6 Å². The van der Waals surface area contributed by atoms with Gasteiger partial charge in [-0.3, -0.25) is 4.79 Å². The maximum absolute atomic E-state index is 13.4. The lowest BCUT2D eigenvalue weighted by molar-refractivity contribution is -0.139. The first-order valence-corrected chi connectivity index (χ1v) is 15.1. The molecule has 1 atom stereocenters. The van der Waals surface area contributed by atoms with Gasteiger partial charge in [0.1, 0.15) is 18.2 Å². The van der Waals surface area contributed by atoms with Crippen molar-refractivity contribution in [1.29, 1.82) is 0 Å². The standard InChI is InChI=1S/C31H29Br2FN4O7/c1-4-43-30(40)27-17(2)36-31(41)37-28(27)20-8-9-24(25(13-20)42-3)44-16-26(39)38-35-14-19-11-22(32)29(23(33)12-19)45-15-18-6-5-7-21(34)10-18/h5-14,28H,4,15-16H2,1-3H3,(H,38,39)(H2,36,37,41)/b35-14-/t28-/m1/s1. The van der Waals surface area contributed by atoms with E-state index >= 15 is 0 Å². The molecule has 1 aliphatic rings. The van der Waals surface area contributed by atoms with E-state index in [1.54, 1.807) is 56.3 Å². The van der Waals surface area contributed by atoms with Gasteiger partial charge in [0, 0.05) is 5.70 Å². The van der Waals surface area contributed by atoms with E-state index in [2.05, 4.69) is 53.0 Å². The summed E-state index contributed by atoms with van der Waals surface area (Å²) in [5.41, 5.74) is 4.93. The third-order valence-corrected chi connectivity index (χ3v) is 7.52. The summed E-state index contributed by atoms with van der Waals surface area (Å²) >= 11 is 6.93. The SMILES string of the molecule is CCOC(=O)C1=C(C)NC(=O)N[C@@H]1c1ccc(OCC(=O)N/N=C\c2cc(Br)c(OCc3cccc(F)c3)c(Br)c2)c(OC)c1. The number of carbonyl (C=O) groups is 3. The molecule has 3 N–H and O–H groups in total. The fourth-order valence-electron chi connectivity index (χ4n) is 4.33. The van der Waals surface area contributed by atoms with Crippen LogP contribution in [0.25, 0.3) is 0 Å². The number of esters is 1. The first-order chi connectivity index (χ1) is 21.6. The summed E-state index contributed by atoms with van der Waals surface area (Å²) in [4.78, 5) is 37.2. The molecular formula is C31H29Br2FN4O7. The molecule has 0 bridgehead atoms. The van der Waals surface area contributed by atoms with Gasteiger partial charge in [0.2, 0.25) is 0 Å². The smallest absolute Gasteiger partial charge is 0.338 e. The summed E-state index contributed by atoms with van der Waals surface area (Å²) in [6.45, 7) is 3.29. The highest BCUT2D eigenvalue weighted by Crippen LogP contribution is 2.36. The Hall–Kier alpha value is -4.43. The van der Waals surface area contributed by atoms with E-state index in [9.17, 15) is 18.8 Å². The van der Waals surface area contributed by atoms with Crippen LogP contribution in [0.2, 0.25) is 0 Å². The highest BCUT2D eigenvalue weighted by molar-refractivity contribution is 9.11. The maximum atomic E-state index is 13.4. The predicted octanol–water partition coefficient (Wildman–Crippen LogP) is 5.66. The van der Waals surface area contributed by atoms with Crippen LogP contribution in [0.15, 0.2) is 79.9 Å². The van der Waals surface area contributed by atoms with Gasteiger partial charge in [-0.25, -0.2) is 19.4 Å². The number of nitrogens with zero attached hydrogens (tertiary/aromatic N) is 1. The number of hydrogen-bond donors (Lipinski definition) is 3. The zero-order valence-electron chi connectivity index (χ0n) is 24.4. The molecule has 0 aromatic heterocycles. The van der Waals surface area contributed by atoms with Crippen molar-refractivity contribution in [3.63, 3.8) is 0 Å². The molecule has 4 rings (SSSR count). The average molecular weight is 748 g/mol. The topological polar surface area (TPSA) is 137 Å². The summed E-state index contributed by atoms with van der Waals surface area (Å²) in [5, 5.41) is 9.29. The van der Waals surface area contributed by atoms with Gasteiger partial charge in [-0.1, -0.05) is 18.2 Å². The Kier molecular flexibility index (Phi) is 11.5. The van der Waals surface area contributed by atoms with Gasteiger partial charge in [0.25, 0.3) is 5.91 Å². The van der Waals surface area contributed by atoms with Crippen LogP contribution in [-0.2, 0) is 20.9 Å². The van der Waals surface area contributed by atoms with Crippen molar-refractivity contribution in [2.75, 3.05) is 20.3 Å². The van der Waals surface area contributed by atoms with Gasteiger partial charge in [-0.05, 0) is 98.8 Å². The monoisotopic (exact) mass is 746 g/mol. The van der Waals surface area contributed by atoms with Crippen LogP contribution in [0, 0.1) is 5.82 Å². The van der Waals surface area contributed by atoms with E-state index < -0.39 is 23.9 Å². The lowest BCUT2D eigenvalue weighted by atomic mass is 9.95. The minimum absolute atomic E-state index is 0.173. The Bertz CT molecular complexity index is 1640. The Labute approximate surface area is 275 Å². The quantitative estimate of drug-likeness (QED) is 0.124. The second-order valence-corrected chi connectivity index (χ2v) is 11.2. The van der Waals surface area contributed by atoms with Crippen molar-refractivity contribution >= 4 is 56.0 Å². The average Bonchev–Trinajstić information content (AvgIpc) is 2.99. The van der Waals surface area contributed by atoms with Gasteiger partial charge in [0.05, 0.1) is 40.5 Å². The number of halogens is 3. The van der Waals surface area contributed by atoms with Crippen molar-refractivity contribution in [1.82, 2.24) is 16.1 Å². The lowest BCUT2D eigenvalue weighted by Crippen LogP contribution is -2.45. The largest absolute Gasteiger partial charge is 0.493 e. The van der Waals surface area contributed by atoms with Crippen LogP contribution in [-0.4, -0.2) is 44.4 Å². The number of hydrogen-bond acceptors (Lipinski definition) is 8. The number of methoxy groups -OCH3 is 1. The molecule has 0 fully saturated rings. The van der Waals surface area contributed by atoms with E-state index in [4.69, 9.17) is 18.9 Å². The first kappa shape index (κ1) is 33.5. The Morgan fingerprint density at radius 3 is 2.51 bits per heavy atom. The zero-order valence-corrected chi connectivity index (χ0v) is 27.6. The number of carbonyl (C=O) groups excluding carboxylic acids is 3. The highest BCUT2D eigenvalue weighted by atomic mass is 79.9. The van der Waals surface area contributed by atoms with Crippen molar-refractivity contribution in [2.45, 2.75) is 26.5 Å². The van der Waals surface area contributed by atoms with Gasteiger partial charge >= 0.3 is 12.0 Å². The first-order valence-electron chi connectivity index (χ1n) is 13.5. The van der Waals surface area contributed by atoms with Crippen LogP contribution in [0.4, 0.5) is 9.18 Å². The van der Waals surface area contributed by atoms with Crippen molar-refractivity contribution < 1.29 is 37.7 Å². The predicted molar refractivity (Wildman–Crippen MR) is 171 cm³/mol. The number of allylic oxidation sites excluding steroid dienone is 1. The molecule has 0 radical (unpaired) electrons. The van der Waals surface area contributed by atoms with E-state index in [0.717, 1.165) is 0 Å². The molecule has 3 amide bonds. The van der Waals surface area contributed by atoms with Gasteiger partial charge in [-0.15, -0.1) is 0 Å². The molecule has 0 spiro atoms. The third kappa shape index (κ3) is 8.82. The van der Waals surface area contributed by atoms with Crippen molar-refractivity contribution in [3.05, 3.63) is 97.3 Å². The second-order valence-electron chi connectivity index (χ2n) is 9.52. The van der Waals surface area contributed by atoms with E-state index in [1.807, 2.05) is 0 Å². The molecule has 236 valence electrons. The third-order valence-electron chi connectivity index (χ3n) is 6.34. The summed E-state index contributed by atoms with van der Waals surface area (Å²) < 4.78 is 36.8. The number of rotatable bonds is 12. The molecule has 3 aromatic rings. The molecule has 1 aliphatic heterocycles. The molecular weight excluding hydrogens is 719 g/mol. The van der Waals surface area contributed by atoms with Crippen molar-refractivity contribution in [3.8, 4) is 17.2 Å². The summed E-state index contributed by atoms with van der Waals surface area (Å²) in [5.74, 6) is -0.353. The van der Waals surface area contributed by atoms with Crippen molar-refractivity contribution in [2.24, 2.45) is 5.10 Å². The number of hydrazone groups is 1. The second kappa shape index (κ2) is 15.5. The maximum Gasteiger partial charge on any atom is 0.338 e. The number of nitrogens with one attached hydrogen (secondary N) is 3. The minimum atomic E-state index is -0.785. The zero-order chi connectivity index (χ0) is 32.5. The van der Waals surface area contributed by atoms with Crippen LogP contribution >= 0.6 is 31.9 Å². The molecule has 0 aliphatic carbocycles. The number of urea groups is 1. The molecule has 45 heavy (non-hydrogen) atoms. The van der Waals surface area contributed by atoms with Gasteiger partial charge in [0.15, 0.2) is 18.1 Å². The fourth-order valence-corrected chi connectivity index (χ4v) is 5.79. The summed E-state index contributed by atoms with van der Waals surface area (Å²) in [6, 6.07) is 13.2. The highest BCUT2D eigenvalue weighted by Gasteiger charge is 2.32. The van der Waals surface area contributed by atoms with Gasteiger partial charge in [-0.2, -0.15) is 5.10 Å². The Balaban J connectivity index is 1.36. The number of ether oxygens (including phenoxy) is 4. The van der Waals surface area contributed by atoms with E-state index in [1.165, 1.54) is 25.5 Å². The van der Waals surface area contributed by atoms with E-state index in [0.29, 0.717) is 37.1 Å². The molecule has 0 unspecified atom stereocenters. The molecule has 1 heterocycles. The summed E-state index contributed by atoms with van der Waals surface area (Å²) in [6.07, 6.45) is 1.45. The van der Waals surface area contributed by atoms with Crippen LogP contribution in [0.3, 0.4) is 0 Å². The lowest BCUT2D eigenvalue weighted by Gasteiger charge is -2.28. The minimum Gasteiger partial charge on any atom is -0.493 e. The normalized spacial score (nSPS) is 14.4. The molecule has 0 saturated heterocycles. The van der Waals surface area contributed by atoms with E-state index in [-0.39, 0.29) is 42.7 Å². The molecule has 11 nitrogen and oxygen atoms in total. The van der Waals surface area contributed by atoms with Crippen LogP contribution < -0.4 is 30.3 Å². The molecule has 0 saturated carbocycles. The number of benzene rings is 3. The fraction of sp³-hybridized carbons (Fsp3) is 0.226. The van der Waals surface area contributed by atoms with Crippen LogP contribution in [0.1, 0.15) is 36.6 Å². The van der Waals surface area contributed by atoms with Crippen LogP contribution in [0.5, 0.6) is 17.2 Å².